The van der Waals surface area contributed by atoms with Gasteiger partial charge >= 0.3 is 0 Å². The van der Waals surface area contributed by atoms with Gasteiger partial charge in [-0.3, -0.25) is 9.89 Å². The summed E-state index contributed by atoms with van der Waals surface area (Å²) in [6.07, 6.45) is 8.12. The van der Waals surface area contributed by atoms with E-state index in [4.69, 9.17) is 4.52 Å². The average molecular weight is 365 g/mol. The van der Waals surface area contributed by atoms with Crippen LogP contribution < -0.4 is 5.32 Å². The van der Waals surface area contributed by atoms with E-state index in [0.29, 0.717) is 0 Å². The van der Waals surface area contributed by atoms with E-state index < -0.39 is 0 Å². The number of piperazine rings is 1. The molecule has 0 aliphatic carbocycles. The molecule has 1 saturated heterocycles. The van der Waals surface area contributed by atoms with Crippen LogP contribution in [0, 0.1) is 0 Å². The molecule has 1 aromatic heterocycles. The van der Waals surface area contributed by atoms with Crippen molar-refractivity contribution in [2.75, 3.05) is 60.4 Å². The van der Waals surface area contributed by atoms with Crippen molar-refractivity contribution in [1.82, 2.24) is 25.2 Å². The van der Waals surface area contributed by atoms with Gasteiger partial charge in [0, 0.05) is 52.4 Å². The van der Waals surface area contributed by atoms with Gasteiger partial charge in [0.15, 0.2) is 5.96 Å². The number of hydrogen-bond donors (Lipinski definition) is 1. The molecule has 0 aromatic carbocycles. The highest BCUT2D eigenvalue weighted by molar-refractivity contribution is 5.79. The van der Waals surface area contributed by atoms with Crippen LogP contribution in [0.4, 0.5) is 0 Å². The van der Waals surface area contributed by atoms with E-state index in [2.05, 4.69) is 44.3 Å². The highest BCUT2D eigenvalue weighted by Crippen LogP contribution is 2.07. The maximum absolute atomic E-state index is 4.91. The zero-order valence-corrected chi connectivity index (χ0v) is 16.8. The summed E-state index contributed by atoms with van der Waals surface area (Å²) >= 11 is 0. The van der Waals surface area contributed by atoms with Crippen LogP contribution in [0.2, 0.25) is 0 Å². The maximum Gasteiger partial charge on any atom is 0.193 e. The van der Waals surface area contributed by atoms with E-state index in [1.54, 1.807) is 6.26 Å². The van der Waals surface area contributed by atoms with Gasteiger partial charge in [-0.05, 0) is 33.5 Å². The third kappa shape index (κ3) is 7.74. The predicted octanol–water partition coefficient (Wildman–Crippen LogP) is 1.88. The third-order valence-electron chi connectivity index (χ3n) is 4.83. The van der Waals surface area contributed by atoms with Crippen molar-refractivity contribution in [3.63, 3.8) is 0 Å². The van der Waals surface area contributed by atoms with Crippen molar-refractivity contribution >= 4 is 5.96 Å². The van der Waals surface area contributed by atoms with Gasteiger partial charge in [-0.25, -0.2) is 0 Å². The van der Waals surface area contributed by atoms with Gasteiger partial charge < -0.3 is 19.6 Å². The molecule has 0 amide bonds. The van der Waals surface area contributed by atoms with E-state index in [0.717, 1.165) is 50.9 Å². The van der Waals surface area contributed by atoms with E-state index in [1.807, 2.05) is 13.1 Å². The maximum atomic E-state index is 4.91. The van der Waals surface area contributed by atoms with Crippen LogP contribution in [0.15, 0.2) is 21.8 Å². The van der Waals surface area contributed by atoms with Crippen molar-refractivity contribution in [1.29, 1.82) is 0 Å². The van der Waals surface area contributed by atoms with Crippen LogP contribution in [0.5, 0.6) is 0 Å². The van der Waals surface area contributed by atoms with Crippen LogP contribution in [-0.2, 0) is 6.54 Å². The summed E-state index contributed by atoms with van der Waals surface area (Å²) in [5.41, 5.74) is 1.01. The predicted molar refractivity (Wildman–Crippen MR) is 106 cm³/mol. The second-order valence-corrected chi connectivity index (χ2v) is 7.30. The minimum absolute atomic E-state index is 0.865. The molecule has 0 saturated carbocycles. The minimum Gasteiger partial charge on any atom is -0.364 e. The number of guanidine groups is 1. The molecule has 7 heteroatoms. The molecule has 1 aromatic rings. The molecule has 0 radical (unpaired) electrons. The summed E-state index contributed by atoms with van der Waals surface area (Å²) in [5.74, 6) is 1.04. The third-order valence-corrected chi connectivity index (χ3v) is 4.83. The first kappa shape index (κ1) is 20.7. The fourth-order valence-corrected chi connectivity index (χ4v) is 3.28. The Hall–Kier alpha value is -1.60. The topological polar surface area (TPSA) is 60.1 Å². The largest absolute Gasteiger partial charge is 0.364 e. The summed E-state index contributed by atoms with van der Waals surface area (Å²) in [4.78, 5) is 11.5. The van der Waals surface area contributed by atoms with Gasteiger partial charge in [-0.15, -0.1) is 0 Å². The Morgan fingerprint density at radius 3 is 2.54 bits per heavy atom. The summed E-state index contributed by atoms with van der Waals surface area (Å²) in [6, 6.07) is 1.94. The lowest BCUT2D eigenvalue weighted by Gasteiger charge is -2.36. The Morgan fingerprint density at radius 1 is 1.15 bits per heavy atom. The van der Waals surface area contributed by atoms with Gasteiger partial charge in [0.05, 0.1) is 5.69 Å². The first-order valence-corrected chi connectivity index (χ1v) is 9.91. The van der Waals surface area contributed by atoms with Gasteiger partial charge in [0.25, 0.3) is 0 Å². The second-order valence-electron chi connectivity index (χ2n) is 7.30. The molecule has 0 atom stereocenters. The highest BCUT2D eigenvalue weighted by Gasteiger charge is 2.19. The smallest absolute Gasteiger partial charge is 0.193 e. The summed E-state index contributed by atoms with van der Waals surface area (Å²) in [7, 11) is 6.17. The summed E-state index contributed by atoms with van der Waals surface area (Å²) < 4.78 is 4.91. The van der Waals surface area contributed by atoms with Gasteiger partial charge in [-0.1, -0.05) is 24.4 Å². The average Bonchev–Trinajstić information content (AvgIpc) is 3.14. The lowest BCUT2D eigenvalue weighted by Crippen LogP contribution is -2.52. The molecule has 1 N–H and O–H groups in total. The standard InChI is InChI=1S/C19H36N6O/c1-20-19(21-10-7-5-4-6-8-11-23(2)3)25-14-12-24(13-15-25)17-18-9-16-26-22-18/h9,16H,4-8,10-15,17H2,1-3H3,(H,20,21). The SMILES string of the molecule is CN=C(NCCCCCCCN(C)C)N1CCN(Cc2ccon2)CC1. The number of nitrogens with one attached hydrogen (secondary N) is 1. The van der Waals surface area contributed by atoms with E-state index in [1.165, 1.54) is 38.6 Å². The molecule has 1 aliphatic heterocycles. The molecule has 0 unspecified atom stereocenters. The fraction of sp³-hybridized carbons (Fsp3) is 0.789. The van der Waals surface area contributed by atoms with Crippen LogP contribution >= 0.6 is 0 Å². The quantitative estimate of drug-likeness (QED) is 0.389. The minimum atomic E-state index is 0.865. The van der Waals surface area contributed by atoms with E-state index >= 15 is 0 Å². The molecule has 0 spiro atoms. The van der Waals surface area contributed by atoms with Gasteiger partial charge in [-0.2, -0.15) is 0 Å². The molecular formula is C19H36N6O. The van der Waals surface area contributed by atoms with Crippen molar-refractivity contribution in [2.45, 2.75) is 38.6 Å². The first-order valence-electron chi connectivity index (χ1n) is 9.91. The number of aromatic nitrogens is 1. The lowest BCUT2D eigenvalue weighted by molar-refractivity contribution is 0.169. The van der Waals surface area contributed by atoms with Crippen LogP contribution in [-0.4, -0.2) is 86.2 Å². The molecule has 7 nitrogen and oxygen atoms in total. The Kier molecular flexibility index (Phi) is 9.48. The summed E-state index contributed by atoms with van der Waals surface area (Å²) in [6.45, 7) is 7.14. The molecule has 2 rings (SSSR count). The fourth-order valence-electron chi connectivity index (χ4n) is 3.28. The van der Waals surface area contributed by atoms with Crippen LogP contribution in [0.1, 0.15) is 37.8 Å². The van der Waals surface area contributed by atoms with Crippen molar-refractivity contribution in [3.8, 4) is 0 Å². The van der Waals surface area contributed by atoms with E-state index in [-0.39, 0.29) is 0 Å². The highest BCUT2D eigenvalue weighted by atomic mass is 16.5. The van der Waals surface area contributed by atoms with Crippen LogP contribution in [0.25, 0.3) is 0 Å². The number of aliphatic imine (C=N–C) groups is 1. The number of nitrogens with zero attached hydrogens (tertiary/aromatic N) is 5. The monoisotopic (exact) mass is 364 g/mol. The Bertz CT molecular complexity index is 494. The zero-order chi connectivity index (χ0) is 18.6. The number of rotatable bonds is 10. The molecule has 1 aliphatic rings. The molecule has 2 heterocycles. The number of unbranched alkanes of at least 4 members (excludes halogenated alkanes) is 4. The Labute approximate surface area is 158 Å². The van der Waals surface area contributed by atoms with Gasteiger partial charge in [0.2, 0.25) is 0 Å². The Morgan fingerprint density at radius 2 is 1.88 bits per heavy atom. The second kappa shape index (κ2) is 11.9. The normalized spacial score (nSPS) is 16.5. The number of hydrogen-bond acceptors (Lipinski definition) is 5. The Balaban J connectivity index is 1.55. The van der Waals surface area contributed by atoms with Crippen LogP contribution in [0.3, 0.4) is 0 Å². The lowest BCUT2D eigenvalue weighted by atomic mass is 10.1. The van der Waals surface area contributed by atoms with Crippen molar-refractivity contribution in [2.24, 2.45) is 4.99 Å². The van der Waals surface area contributed by atoms with Crippen molar-refractivity contribution < 1.29 is 4.52 Å². The first-order chi connectivity index (χ1) is 12.7. The molecule has 148 valence electrons. The molecule has 26 heavy (non-hydrogen) atoms. The van der Waals surface area contributed by atoms with Crippen molar-refractivity contribution in [3.05, 3.63) is 18.0 Å². The molecule has 1 fully saturated rings. The zero-order valence-electron chi connectivity index (χ0n) is 16.8. The van der Waals surface area contributed by atoms with Gasteiger partial charge in [0.1, 0.15) is 6.26 Å². The van der Waals surface area contributed by atoms with E-state index in [9.17, 15) is 0 Å². The summed E-state index contributed by atoms with van der Waals surface area (Å²) in [5, 5.41) is 7.53. The molecule has 0 bridgehead atoms. The molecular weight excluding hydrogens is 328 g/mol.